The minimum absolute atomic E-state index is 0.0168. The highest BCUT2D eigenvalue weighted by atomic mass is 28.4. The van der Waals surface area contributed by atoms with Gasteiger partial charge in [0.2, 0.25) is 0 Å². The Morgan fingerprint density at radius 1 is 1.18 bits per heavy atom. The number of fused-ring (bicyclic) bond motifs is 1. The molecule has 2 heterocycles. The molecular formula is C35H45F3N2O3Si. The lowest BCUT2D eigenvalue weighted by Gasteiger charge is -2.51. The summed E-state index contributed by atoms with van der Waals surface area (Å²) in [6, 6.07) is 5.05. The van der Waals surface area contributed by atoms with Gasteiger partial charge in [-0.05, 0) is 90.4 Å². The number of rotatable bonds is 6. The van der Waals surface area contributed by atoms with E-state index in [0.717, 1.165) is 59.8 Å². The van der Waals surface area contributed by atoms with Crippen molar-refractivity contribution in [3.8, 4) is 6.07 Å². The number of aliphatic hydroxyl groups excluding tert-OH is 1. The summed E-state index contributed by atoms with van der Waals surface area (Å²) in [6.07, 6.45) is 1.75. The van der Waals surface area contributed by atoms with Crippen molar-refractivity contribution in [3.63, 3.8) is 0 Å². The third-order valence-electron chi connectivity index (χ3n) is 10.4. The molecule has 1 fully saturated rings. The Labute approximate surface area is 260 Å². The highest BCUT2D eigenvalue weighted by Crippen LogP contribution is 2.57. The van der Waals surface area contributed by atoms with Crippen LogP contribution in [0.2, 0.25) is 18.1 Å². The first-order valence-electron chi connectivity index (χ1n) is 15.8. The number of nitrogens with zero attached hydrogens (tertiary/aromatic N) is 2. The molecule has 1 spiro atoms. The van der Waals surface area contributed by atoms with Gasteiger partial charge in [0.25, 0.3) is 0 Å². The Balaban J connectivity index is 1.78. The van der Waals surface area contributed by atoms with E-state index in [1.54, 1.807) is 6.07 Å². The van der Waals surface area contributed by atoms with E-state index < -0.39 is 31.7 Å². The van der Waals surface area contributed by atoms with Crippen LogP contribution in [0.5, 0.6) is 0 Å². The fraction of sp³-hybridized carbons (Fsp3) is 0.600. The third kappa shape index (κ3) is 6.03. The average Bonchev–Trinajstić information content (AvgIpc) is 2.93. The molecule has 44 heavy (non-hydrogen) atoms. The van der Waals surface area contributed by atoms with Gasteiger partial charge in [0, 0.05) is 22.5 Å². The molecule has 0 saturated heterocycles. The molecule has 1 N–H and O–H groups in total. The van der Waals surface area contributed by atoms with E-state index in [9.17, 15) is 23.5 Å². The van der Waals surface area contributed by atoms with Gasteiger partial charge in [0.1, 0.15) is 6.10 Å². The van der Waals surface area contributed by atoms with Crippen LogP contribution in [-0.2, 0) is 21.8 Å². The lowest BCUT2D eigenvalue weighted by Crippen LogP contribution is -2.46. The molecule has 1 aromatic carbocycles. The molecule has 1 unspecified atom stereocenters. The van der Waals surface area contributed by atoms with Crippen molar-refractivity contribution < 1.29 is 27.4 Å². The smallest absolute Gasteiger partial charge is 0.410 e. The van der Waals surface area contributed by atoms with Crippen molar-refractivity contribution in [2.45, 2.75) is 116 Å². The van der Waals surface area contributed by atoms with Gasteiger partial charge in [-0.2, -0.15) is 18.4 Å². The molecule has 0 amide bonds. The van der Waals surface area contributed by atoms with Crippen molar-refractivity contribution in [1.29, 1.82) is 5.26 Å². The summed E-state index contributed by atoms with van der Waals surface area (Å²) in [5, 5.41) is 21.7. The zero-order valence-corrected chi connectivity index (χ0v) is 28.0. The molecule has 2 aromatic rings. The Morgan fingerprint density at radius 2 is 1.89 bits per heavy atom. The second kappa shape index (κ2) is 11.7. The maximum Gasteiger partial charge on any atom is 0.417 e. The average molecular weight is 627 g/mol. The lowest BCUT2D eigenvalue weighted by atomic mass is 9.59. The van der Waals surface area contributed by atoms with Gasteiger partial charge in [0.15, 0.2) is 8.32 Å². The number of aliphatic hydroxyl groups is 1. The van der Waals surface area contributed by atoms with E-state index in [1.165, 1.54) is 18.6 Å². The summed E-state index contributed by atoms with van der Waals surface area (Å²) >= 11 is 0. The van der Waals surface area contributed by atoms with Gasteiger partial charge >= 0.3 is 6.18 Å². The summed E-state index contributed by atoms with van der Waals surface area (Å²) in [5.41, 5.74) is 4.20. The van der Waals surface area contributed by atoms with Crippen molar-refractivity contribution in [1.82, 2.24) is 4.98 Å². The molecule has 3 aliphatic rings. The SMILES string of the molecule is CC(C)c1nc2c(c(C3=CCOCC3)c1[C@@H](O)c1ccc(C(F)(F)F)c(C#N)c1)C(O[Si](C)(C)C(C)(C)C)CC1(CCC1)C2. The Morgan fingerprint density at radius 3 is 2.41 bits per heavy atom. The second-order valence-electron chi connectivity index (χ2n) is 14.8. The van der Waals surface area contributed by atoms with E-state index in [2.05, 4.69) is 39.9 Å². The van der Waals surface area contributed by atoms with Gasteiger partial charge in [-0.15, -0.1) is 0 Å². The largest absolute Gasteiger partial charge is 0.417 e. The first-order chi connectivity index (χ1) is 20.5. The van der Waals surface area contributed by atoms with E-state index in [4.69, 9.17) is 14.1 Å². The number of benzene rings is 1. The number of alkyl halides is 3. The van der Waals surface area contributed by atoms with Crippen LogP contribution in [0.15, 0.2) is 24.3 Å². The molecule has 1 aliphatic heterocycles. The maximum absolute atomic E-state index is 13.7. The van der Waals surface area contributed by atoms with Crippen LogP contribution in [0.3, 0.4) is 0 Å². The molecule has 5 rings (SSSR count). The van der Waals surface area contributed by atoms with Crippen LogP contribution in [0.25, 0.3) is 5.57 Å². The molecule has 0 bridgehead atoms. The van der Waals surface area contributed by atoms with Crippen LogP contribution in [0.4, 0.5) is 13.2 Å². The normalized spacial score (nSPS) is 21.0. The van der Waals surface area contributed by atoms with Crippen LogP contribution in [0, 0.1) is 16.7 Å². The molecule has 1 saturated carbocycles. The third-order valence-corrected chi connectivity index (χ3v) is 14.9. The van der Waals surface area contributed by atoms with E-state index in [-0.39, 0.29) is 28.0 Å². The second-order valence-corrected chi connectivity index (χ2v) is 19.5. The fourth-order valence-electron chi connectivity index (χ4n) is 6.83. The predicted molar refractivity (Wildman–Crippen MR) is 168 cm³/mol. The van der Waals surface area contributed by atoms with Crippen molar-refractivity contribution in [2.24, 2.45) is 5.41 Å². The molecular weight excluding hydrogens is 581 g/mol. The van der Waals surface area contributed by atoms with Gasteiger partial charge in [-0.25, -0.2) is 0 Å². The molecule has 238 valence electrons. The Hall–Kier alpha value is -2.51. The maximum atomic E-state index is 13.7. The summed E-state index contributed by atoms with van der Waals surface area (Å²) in [6.45, 7) is 16.3. The quantitative estimate of drug-likeness (QED) is 0.324. The Bertz CT molecular complexity index is 1500. The number of aromatic nitrogens is 1. The number of ether oxygens (including phenoxy) is 1. The van der Waals surface area contributed by atoms with E-state index in [0.29, 0.717) is 25.2 Å². The van der Waals surface area contributed by atoms with Gasteiger partial charge < -0.3 is 14.3 Å². The number of halogens is 3. The predicted octanol–water partition coefficient (Wildman–Crippen LogP) is 9.16. The van der Waals surface area contributed by atoms with Gasteiger partial charge in [0.05, 0.1) is 36.5 Å². The minimum atomic E-state index is -4.67. The summed E-state index contributed by atoms with van der Waals surface area (Å²) < 4.78 is 53.9. The first-order valence-corrected chi connectivity index (χ1v) is 18.7. The van der Waals surface area contributed by atoms with Crippen LogP contribution < -0.4 is 0 Å². The van der Waals surface area contributed by atoms with Gasteiger partial charge in [-0.1, -0.05) is 53.2 Å². The molecule has 9 heteroatoms. The monoisotopic (exact) mass is 626 g/mol. The first kappa shape index (κ1) is 32.9. The van der Waals surface area contributed by atoms with Crippen LogP contribution >= 0.6 is 0 Å². The highest BCUT2D eigenvalue weighted by molar-refractivity contribution is 6.74. The molecule has 2 aliphatic carbocycles. The van der Waals surface area contributed by atoms with E-state index in [1.807, 2.05) is 13.8 Å². The minimum Gasteiger partial charge on any atom is -0.410 e. The van der Waals surface area contributed by atoms with Crippen LogP contribution in [-0.4, -0.2) is 31.6 Å². The lowest BCUT2D eigenvalue weighted by molar-refractivity contribution is -0.137. The van der Waals surface area contributed by atoms with Crippen molar-refractivity contribution >= 4 is 13.9 Å². The Kier molecular flexibility index (Phi) is 8.73. The standard InChI is InChI=1S/C35H45F3N2O3Si/c1-21(2)31-30(32(41)23-9-10-25(35(36,37)38)24(17-23)20-39)28(22-11-15-42-16-12-22)29-26(40-31)18-34(13-8-14-34)19-27(29)43-44(6,7)33(3,4)5/h9-11,17,21,27,32,41H,8,12-16,18-19H2,1-7H3/t27?,32-/m0/s1. The summed E-state index contributed by atoms with van der Waals surface area (Å²) in [7, 11) is -2.24. The van der Waals surface area contributed by atoms with Crippen molar-refractivity contribution in [2.75, 3.05) is 13.2 Å². The fourth-order valence-corrected chi connectivity index (χ4v) is 8.10. The number of hydrogen-bond donors (Lipinski definition) is 1. The van der Waals surface area contributed by atoms with Crippen molar-refractivity contribution in [3.05, 3.63) is 69.0 Å². The van der Waals surface area contributed by atoms with Crippen LogP contribution in [0.1, 0.15) is 130 Å². The summed E-state index contributed by atoms with van der Waals surface area (Å²) in [5.74, 6) is -0.0620. The number of nitriles is 1. The molecule has 5 nitrogen and oxygen atoms in total. The van der Waals surface area contributed by atoms with E-state index >= 15 is 0 Å². The highest BCUT2D eigenvalue weighted by Gasteiger charge is 2.49. The molecule has 2 atom stereocenters. The molecule has 1 aromatic heterocycles. The topological polar surface area (TPSA) is 75.4 Å². The van der Waals surface area contributed by atoms with Gasteiger partial charge in [-0.3, -0.25) is 4.98 Å². The summed E-state index contributed by atoms with van der Waals surface area (Å²) in [4.78, 5) is 5.31. The molecule has 0 radical (unpaired) electrons. The number of pyridine rings is 1. The zero-order chi connectivity index (χ0) is 32.2. The zero-order valence-electron chi connectivity index (χ0n) is 27.0. The number of hydrogen-bond acceptors (Lipinski definition) is 5.